The van der Waals surface area contributed by atoms with Gasteiger partial charge in [0.05, 0.1) is 30.0 Å². The summed E-state index contributed by atoms with van der Waals surface area (Å²) >= 11 is 17.8. The summed E-state index contributed by atoms with van der Waals surface area (Å²) in [6, 6.07) is 7.01. The van der Waals surface area contributed by atoms with Crippen molar-refractivity contribution >= 4 is 50.5 Å². The van der Waals surface area contributed by atoms with Crippen molar-refractivity contribution in [3.63, 3.8) is 0 Å². The first-order valence-corrected chi connectivity index (χ1v) is 8.79. The fourth-order valence-electron chi connectivity index (χ4n) is 1.82. The lowest BCUT2D eigenvalue weighted by Gasteiger charge is -2.15. The zero-order chi connectivity index (χ0) is 17.2. The van der Waals surface area contributed by atoms with Crippen LogP contribution in [0, 0.1) is 0 Å². The molecule has 0 fully saturated rings. The van der Waals surface area contributed by atoms with Crippen LogP contribution in [0.4, 0.5) is 5.69 Å². The molecule has 5 nitrogen and oxygen atoms in total. The lowest BCUT2D eigenvalue weighted by molar-refractivity contribution is 0.405. The lowest BCUT2D eigenvalue weighted by atomic mass is 10.3. The van der Waals surface area contributed by atoms with E-state index < -0.39 is 10.0 Å². The summed E-state index contributed by atoms with van der Waals surface area (Å²) in [6.07, 6.45) is 0. The Morgan fingerprint density at radius 2 is 1.57 bits per heavy atom. The van der Waals surface area contributed by atoms with Gasteiger partial charge >= 0.3 is 0 Å². The maximum absolute atomic E-state index is 12.5. The van der Waals surface area contributed by atoms with E-state index in [9.17, 15) is 8.42 Å². The SMILES string of the molecule is COc1cc(NS(=O)(=O)c2cc(Cl)ccc2Cl)c(OC)cc1Cl. The summed E-state index contributed by atoms with van der Waals surface area (Å²) in [6.45, 7) is 0. The van der Waals surface area contributed by atoms with Gasteiger partial charge in [-0.1, -0.05) is 34.8 Å². The van der Waals surface area contributed by atoms with Crippen LogP contribution in [0.15, 0.2) is 35.2 Å². The second-order valence-electron chi connectivity index (χ2n) is 4.37. The van der Waals surface area contributed by atoms with Crippen molar-refractivity contribution < 1.29 is 17.9 Å². The van der Waals surface area contributed by atoms with Crippen LogP contribution in [-0.4, -0.2) is 22.6 Å². The molecule has 0 aromatic heterocycles. The van der Waals surface area contributed by atoms with Gasteiger partial charge < -0.3 is 9.47 Å². The third-order valence-corrected chi connectivity index (χ3v) is 5.28. The van der Waals surface area contributed by atoms with Gasteiger partial charge in [0, 0.05) is 17.2 Å². The standard InChI is InChI=1S/C14H12Cl3NO4S/c1-21-12-7-11(13(22-2)6-10(12)17)18-23(19,20)14-5-8(15)3-4-9(14)16/h3-7,18H,1-2H3. The van der Waals surface area contributed by atoms with Crippen molar-refractivity contribution in [3.8, 4) is 11.5 Å². The quantitative estimate of drug-likeness (QED) is 0.810. The van der Waals surface area contributed by atoms with Gasteiger partial charge in [0.2, 0.25) is 0 Å². The first-order valence-electron chi connectivity index (χ1n) is 6.18. The molecule has 0 aliphatic heterocycles. The predicted octanol–water partition coefficient (Wildman–Crippen LogP) is 4.46. The van der Waals surface area contributed by atoms with Gasteiger partial charge in [-0.3, -0.25) is 4.72 Å². The monoisotopic (exact) mass is 395 g/mol. The first-order chi connectivity index (χ1) is 10.8. The number of halogens is 3. The van der Waals surface area contributed by atoms with E-state index in [1.54, 1.807) is 0 Å². The number of nitrogens with one attached hydrogen (secondary N) is 1. The van der Waals surface area contributed by atoms with Crippen LogP contribution in [0.1, 0.15) is 0 Å². The second kappa shape index (κ2) is 7.05. The molecule has 0 heterocycles. The van der Waals surface area contributed by atoms with Crippen LogP contribution < -0.4 is 14.2 Å². The molecule has 1 N–H and O–H groups in total. The van der Waals surface area contributed by atoms with Gasteiger partial charge in [0.15, 0.2) is 0 Å². The zero-order valence-corrected chi connectivity index (χ0v) is 15.1. The van der Waals surface area contributed by atoms with Crippen molar-refractivity contribution in [1.29, 1.82) is 0 Å². The largest absolute Gasteiger partial charge is 0.495 e. The lowest BCUT2D eigenvalue weighted by Crippen LogP contribution is -2.14. The van der Waals surface area contributed by atoms with Crippen LogP contribution in [0.3, 0.4) is 0 Å². The number of ether oxygens (including phenoxy) is 2. The Morgan fingerprint density at radius 3 is 2.17 bits per heavy atom. The molecular weight excluding hydrogens is 385 g/mol. The Labute approximate surface area is 149 Å². The molecule has 0 bridgehead atoms. The minimum atomic E-state index is -3.98. The maximum atomic E-state index is 12.5. The molecule has 2 aromatic carbocycles. The average molecular weight is 397 g/mol. The molecule has 0 spiro atoms. The van der Waals surface area contributed by atoms with Gasteiger partial charge in [-0.15, -0.1) is 0 Å². The zero-order valence-electron chi connectivity index (χ0n) is 12.1. The summed E-state index contributed by atoms with van der Waals surface area (Å²) < 4.78 is 37.7. The van der Waals surface area contributed by atoms with Gasteiger partial charge in [-0.2, -0.15) is 0 Å². The number of rotatable bonds is 5. The number of anilines is 1. The Balaban J connectivity index is 2.50. The molecular formula is C14H12Cl3NO4S. The van der Waals surface area contributed by atoms with Crippen molar-refractivity contribution in [2.45, 2.75) is 4.90 Å². The molecule has 124 valence electrons. The van der Waals surface area contributed by atoms with Crippen LogP contribution in [0.25, 0.3) is 0 Å². The van der Waals surface area contributed by atoms with E-state index in [-0.39, 0.29) is 31.4 Å². The third-order valence-electron chi connectivity index (χ3n) is 2.90. The van der Waals surface area contributed by atoms with Crippen molar-refractivity contribution in [3.05, 3.63) is 45.4 Å². The summed E-state index contributed by atoms with van der Waals surface area (Å²) in [7, 11) is -1.17. The van der Waals surface area contributed by atoms with Gasteiger partial charge in [0.25, 0.3) is 10.0 Å². The summed E-state index contributed by atoms with van der Waals surface area (Å²) in [4.78, 5) is -0.150. The Kier molecular flexibility index (Phi) is 5.52. The highest BCUT2D eigenvalue weighted by Gasteiger charge is 2.21. The van der Waals surface area contributed by atoms with Gasteiger partial charge in [-0.05, 0) is 18.2 Å². The third kappa shape index (κ3) is 3.95. The topological polar surface area (TPSA) is 64.6 Å². The molecule has 0 aliphatic rings. The van der Waals surface area contributed by atoms with Gasteiger partial charge in [-0.25, -0.2) is 8.42 Å². The number of sulfonamides is 1. The van der Waals surface area contributed by atoms with E-state index in [0.717, 1.165) is 0 Å². The highest BCUT2D eigenvalue weighted by molar-refractivity contribution is 7.92. The molecule has 0 saturated carbocycles. The predicted molar refractivity (Wildman–Crippen MR) is 91.8 cm³/mol. The number of benzene rings is 2. The van der Waals surface area contributed by atoms with E-state index in [2.05, 4.69) is 4.72 Å². The first kappa shape index (κ1) is 18.0. The van der Waals surface area contributed by atoms with Crippen LogP contribution in [0.2, 0.25) is 15.1 Å². The van der Waals surface area contributed by atoms with Gasteiger partial charge in [0.1, 0.15) is 16.4 Å². The number of hydrogen-bond acceptors (Lipinski definition) is 4. The minimum Gasteiger partial charge on any atom is -0.495 e. The van der Waals surface area contributed by atoms with Crippen LogP contribution >= 0.6 is 34.8 Å². The fourth-order valence-corrected chi connectivity index (χ4v) is 3.88. The molecule has 2 rings (SSSR count). The van der Waals surface area contributed by atoms with Crippen molar-refractivity contribution in [2.75, 3.05) is 18.9 Å². The van der Waals surface area contributed by atoms with E-state index in [1.165, 1.54) is 44.6 Å². The molecule has 2 aromatic rings. The molecule has 0 radical (unpaired) electrons. The molecule has 0 atom stereocenters. The Bertz CT molecular complexity index is 840. The molecule has 23 heavy (non-hydrogen) atoms. The fraction of sp³-hybridized carbons (Fsp3) is 0.143. The smallest absolute Gasteiger partial charge is 0.263 e. The normalized spacial score (nSPS) is 11.2. The van der Waals surface area contributed by atoms with E-state index in [1.807, 2.05) is 0 Å². The summed E-state index contributed by atoms with van der Waals surface area (Å²) in [5, 5.41) is 0.574. The van der Waals surface area contributed by atoms with E-state index >= 15 is 0 Å². The highest BCUT2D eigenvalue weighted by Crippen LogP contribution is 2.37. The Morgan fingerprint density at radius 1 is 0.913 bits per heavy atom. The second-order valence-corrected chi connectivity index (χ2v) is 7.27. The van der Waals surface area contributed by atoms with E-state index in [4.69, 9.17) is 44.3 Å². The van der Waals surface area contributed by atoms with Crippen molar-refractivity contribution in [1.82, 2.24) is 0 Å². The van der Waals surface area contributed by atoms with Crippen LogP contribution in [0.5, 0.6) is 11.5 Å². The van der Waals surface area contributed by atoms with Crippen molar-refractivity contribution in [2.24, 2.45) is 0 Å². The van der Waals surface area contributed by atoms with E-state index in [0.29, 0.717) is 5.75 Å². The molecule has 0 aliphatic carbocycles. The Hall–Kier alpha value is -1.34. The summed E-state index contributed by atoms with van der Waals surface area (Å²) in [5.74, 6) is 0.528. The summed E-state index contributed by atoms with van der Waals surface area (Å²) in [5.41, 5.74) is 0.157. The average Bonchev–Trinajstić information content (AvgIpc) is 2.50. The molecule has 0 unspecified atom stereocenters. The molecule has 0 amide bonds. The maximum Gasteiger partial charge on any atom is 0.263 e. The molecule has 0 saturated heterocycles. The highest BCUT2D eigenvalue weighted by atomic mass is 35.5. The minimum absolute atomic E-state index is 0.0433. The number of methoxy groups -OCH3 is 2. The van der Waals surface area contributed by atoms with Crippen LogP contribution in [-0.2, 0) is 10.0 Å². The molecule has 9 heteroatoms. The number of hydrogen-bond donors (Lipinski definition) is 1.